The Bertz CT molecular complexity index is 399. The first-order chi connectivity index (χ1) is 6.84. The van der Waals surface area contributed by atoms with Gasteiger partial charge in [-0.2, -0.15) is 0 Å². The molecule has 0 bridgehead atoms. The molecule has 2 aromatic heterocycles. The average molecular weight is 191 g/mol. The van der Waals surface area contributed by atoms with E-state index >= 15 is 0 Å². The van der Waals surface area contributed by atoms with E-state index in [0.29, 0.717) is 24.3 Å². The van der Waals surface area contributed by atoms with Crippen LogP contribution in [-0.4, -0.2) is 20.2 Å². The third-order valence-corrected chi connectivity index (χ3v) is 1.53. The zero-order valence-electron chi connectivity index (χ0n) is 7.64. The first-order valence-electron chi connectivity index (χ1n) is 4.14. The molecule has 0 unspecified atom stereocenters. The fourth-order valence-electron chi connectivity index (χ4n) is 0.954. The summed E-state index contributed by atoms with van der Waals surface area (Å²) < 4.78 is 5.16. The topological polar surface area (TPSA) is 76.7 Å². The molecule has 1 N–H and O–H groups in total. The molecular formula is C8H9N5O. The van der Waals surface area contributed by atoms with Crippen LogP contribution < -0.4 is 5.32 Å². The van der Waals surface area contributed by atoms with Crippen molar-refractivity contribution in [1.82, 2.24) is 20.2 Å². The summed E-state index contributed by atoms with van der Waals surface area (Å²) >= 11 is 0. The van der Waals surface area contributed by atoms with E-state index < -0.39 is 0 Å². The highest BCUT2D eigenvalue weighted by Gasteiger charge is 2.01. The fourth-order valence-corrected chi connectivity index (χ4v) is 0.954. The van der Waals surface area contributed by atoms with Crippen molar-refractivity contribution in [2.45, 2.75) is 13.5 Å². The number of nitrogens with zero attached hydrogens (tertiary/aromatic N) is 4. The molecule has 0 aliphatic heterocycles. The highest BCUT2D eigenvalue weighted by Crippen LogP contribution is 2.01. The minimum atomic E-state index is 0.435. The van der Waals surface area contributed by atoms with Gasteiger partial charge in [-0.15, -0.1) is 10.2 Å². The van der Waals surface area contributed by atoms with Gasteiger partial charge in [-0.3, -0.25) is 0 Å². The van der Waals surface area contributed by atoms with Crippen molar-refractivity contribution in [3.63, 3.8) is 0 Å². The van der Waals surface area contributed by atoms with Gasteiger partial charge in [0, 0.05) is 19.3 Å². The van der Waals surface area contributed by atoms with Crippen LogP contribution in [-0.2, 0) is 6.54 Å². The van der Waals surface area contributed by atoms with E-state index in [1.807, 2.05) is 0 Å². The first kappa shape index (κ1) is 8.61. The molecule has 0 amide bonds. The number of aryl methyl sites for hydroxylation is 1. The van der Waals surface area contributed by atoms with Crippen molar-refractivity contribution >= 4 is 5.95 Å². The van der Waals surface area contributed by atoms with Crippen LogP contribution in [0.1, 0.15) is 11.8 Å². The Kier molecular flexibility index (Phi) is 2.35. The number of hydrogen-bond donors (Lipinski definition) is 1. The Hall–Kier alpha value is -1.98. The zero-order valence-corrected chi connectivity index (χ0v) is 7.64. The predicted molar refractivity (Wildman–Crippen MR) is 48.4 cm³/mol. The second kappa shape index (κ2) is 3.82. The molecule has 0 saturated carbocycles. The SMILES string of the molecule is Cc1nnc(CNc2ncccn2)o1. The van der Waals surface area contributed by atoms with Crippen LogP contribution in [0.25, 0.3) is 0 Å². The minimum absolute atomic E-state index is 0.435. The molecule has 72 valence electrons. The summed E-state index contributed by atoms with van der Waals surface area (Å²) in [6.07, 6.45) is 3.32. The number of rotatable bonds is 3. The normalized spacial score (nSPS) is 10.1. The smallest absolute Gasteiger partial charge is 0.235 e. The molecule has 0 saturated heterocycles. The van der Waals surface area contributed by atoms with Crippen LogP contribution in [0.4, 0.5) is 5.95 Å². The van der Waals surface area contributed by atoms with E-state index in [2.05, 4.69) is 25.5 Å². The predicted octanol–water partition coefficient (Wildman–Crippen LogP) is 0.780. The molecule has 0 aliphatic carbocycles. The van der Waals surface area contributed by atoms with E-state index in [9.17, 15) is 0 Å². The quantitative estimate of drug-likeness (QED) is 0.772. The van der Waals surface area contributed by atoms with Gasteiger partial charge in [0.2, 0.25) is 17.7 Å². The lowest BCUT2D eigenvalue weighted by Crippen LogP contribution is -2.02. The molecule has 2 rings (SSSR count). The Morgan fingerprint density at radius 1 is 1.29 bits per heavy atom. The van der Waals surface area contributed by atoms with Gasteiger partial charge < -0.3 is 9.73 Å². The lowest BCUT2D eigenvalue weighted by atomic mass is 10.6. The van der Waals surface area contributed by atoms with Crippen LogP contribution in [0.2, 0.25) is 0 Å². The van der Waals surface area contributed by atoms with Gasteiger partial charge in [0.05, 0.1) is 6.54 Å². The molecule has 2 aromatic rings. The molecular weight excluding hydrogens is 182 g/mol. The fraction of sp³-hybridized carbons (Fsp3) is 0.250. The van der Waals surface area contributed by atoms with E-state index in [1.165, 1.54) is 0 Å². The van der Waals surface area contributed by atoms with E-state index in [1.54, 1.807) is 25.4 Å². The number of anilines is 1. The van der Waals surface area contributed by atoms with Gasteiger partial charge in [0.1, 0.15) is 0 Å². The number of nitrogens with one attached hydrogen (secondary N) is 1. The van der Waals surface area contributed by atoms with Crippen molar-refractivity contribution < 1.29 is 4.42 Å². The van der Waals surface area contributed by atoms with E-state index in [-0.39, 0.29) is 0 Å². The van der Waals surface area contributed by atoms with Crippen LogP contribution in [0.3, 0.4) is 0 Å². The average Bonchev–Trinajstić information content (AvgIpc) is 2.63. The maximum Gasteiger partial charge on any atom is 0.235 e. The molecule has 0 fully saturated rings. The Labute approximate surface area is 80.4 Å². The largest absolute Gasteiger partial charge is 0.424 e. The zero-order chi connectivity index (χ0) is 9.80. The first-order valence-corrected chi connectivity index (χ1v) is 4.14. The Morgan fingerprint density at radius 3 is 2.71 bits per heavy atom. The summed E-state index contributed by atoms with van der Waals surface area (Å²) in [6.45, 7) is 2.18. The molecule has 6 nitrogen and oxygen atoms in total. The molecule has 6 heteroatoms. The van der Waals surface area contributed by atoms with Gasteiger partial charge in [-0.05, 0) is 6.07 Å². The van der Waals surface area contributed by atoms with Gasteiger partial charge in [-0.1, -0.05) is 0 Å². The summed E-state index contributed by atoms with van der Waals surface area (Å²) in [6, 6.07) is 1.75. The number of hydrogen-bond acceptors (Lipinski definition) is 6. The number of aromatic nitrogens is 4. The van der Waals surface area contributed by atoms with Gasteiger partial charge >= 0.3 is 0 Å². The molecule has 0 spiro atoms. The maximum absolute atomic E-state index is 5.16. The molecule has 0 aliphatic rings. The van der Waals surface area contributed by atoms with Crippen LogP contribution in [0, 0.1) is 6.92 Å². The molecule has 14 heavy (non-hydrogen) atoms. The molecule has 2 heterocycles. The van der Waals surface area contributed by atoms with Crippen molar-refractivity contribution in [2.24, 2.45) is 0 Å². The molecule has 0 radical (unpaired) electrons. The highest BCUT2D eigenvalue weighted by atomic mass is 16.4. The summed E-state index contributed by atoms with van der Waals surface area (Å²) in [4.78, 5) is 7.98. The monoisotopic (exact) mass is 191 g/mol. The lowest BCUT2D eigenvalue weighted by molar-refractivity contribution is 0.474. The van der Waals surface area contributed by atoms with E-state index in [4.69, 9.17) is 4.42 Å². The van der Waals surface area contributed by atoms with Crippen molar-refractivity contribution in [3.05, 3.63) is 30.2 Å². The van der Waals surface area contributed by atoms with Crippen molar-refractivity contribution in [3.8, 4) is 0 Å². The summed E-state index contributed by atoms with van der Waals surface area (Å²) in [5.41, 5.74) is 0. The summed E-state index contributed by atoms with van der Waals surface area (Å²) in [5, 5.41) is 10.5. The van der Waals surface area contributed by atoms with Crippen molar-refractivity contribution in [1.29, 1.82) is 0 Å². The van der Waals surface area contributed by atoms with Crippen LogP contribution in [0.5, 0.6) is 0 Å². The second-order valence-corrected chi connectivity index (χ2v) is 2.64. The highest BCUT2D eigenvalue weighted by molar-refractivity contribution is 5.21. The van der Waals surface area contributed by atoms with Gasteiger partial charge in [-0.25, -0.2) is 9.97 Å². The summed E-state index contributed by atoms with van der Waals surface area (Å²) in [5.74, 6) is 1.62. The van der Waals surface area contributed by atoms with Crippen LogP contribution >= 0.6 is 0 Å². The van der Waals surface area contributed by atoms with Crippen LogP contribution in [0.15, 0.2) is 22.9 Å². The third-order valence-electron chi connectivity index (χ3n) is 1.53. The van der Waals surface area contributed by atoms with Gasteiger partial charge in [0.25, 0.3) is 0 Å². The second-order valence-electron chi connectivity index (χ2n) is 2.64. The third kappa shape index (κ3) is 2.03. The van der Waals surface area contributed by atoms with Gasteiger partial charge in [0.15, 0.2) is 0 Å². The van der Waals surface area contributed by atoms with Crippen molar-refractivity contribution in [2.75, 3.05) is 5.32 Å². The Balaban J connectivity index is 1.95. The molecule has 0 atom stereocenters. The Morgan fingerprint density at radius 2 is 2.07 bits per heavy atom. The lowest BCUT2D eigenvalue weighted by Gasteiger charge is -1.98. The molecule has 0 aromatic carbocycles. The standard InChI is InChI=1S/C8H9N5O/c1-6-12-13-7(14-6)5-11-8-9-3-2-4-10-8/h2-4H,5H2,1H3,(H,9,10,11). The van der Waals surface area contributed by atoms with E-state index in [0.717, 1.165) is 0 Å². The minimum Gasteiger partial charge on any atom is -0.424 e. The summed E-state index contributed by atoms with van der Waals surface area (Å²) in [7, 11) is 0. The maximum atomic E-state index is 5.16.